The predicted molar refractivity (Wildman–Crippen MR) is 89.9 cm³/mol. The molecule has 134 valence electrons. The van der Waals surface area contributed by atoms with Gasteiger partial charge in [-0.2, -0.15) is 0 Å². The Labute approximate surface area is 142 Å². The number of carbonyl (C=O) groups is 2. The molecule has 0 unspecified atom stereocenters. The van der Waals surface area contributed by atoms with Crippen molar-refractivity contribution >= 4 is 12.0 Å². The van der Waals surface area contributed by atoms with E-state index in [1.165, 1.54) is 7.11 Å². The molecule has 24 heavy (non-hydrogen) atoms. The number of aromatic hydroxyl groups is 1. The van der Waals surface area contributed by atoms with Gasteiger partial charge in [0.25, 0.3) is 5.91 Å². The van der Waals surface area contributed by atoms with Crippen molar-refractivity contribution in [2.24, 2.45) is 11.1 Å². The molecule has 0 aliphatic carbocycles. The third kappa shape index (κ3) is 6.76. The second-order valence-corrected chi connectivity index (χ2v) is 6.74. The highest BCUT2D eigenvalue weighted by molar-refractivity contribution is 5.83. The van der Waals surface area contributed by atoms with Gasteiger partial charge in [-0.1, -0.05) is 26.8 Å². The van der Waals surface area contributed by atoms with E-state index in [4.69, 9.17) is 15.2 Å². The second-order valence-electron chi connectivity index (χ2n) is 6.74. The van der Waals surface area contributed by atoms with Crippen molar-refractivity contribution in [3.05, 3.63) is 23.8 Å². The predicted octanol–water partition coefficient (Wildman–Crippen LogP) is 1.96. The van der Waals surface area contributed by atoms with E-state index in [0.29, 0.717) is 25.1 Å². The van der Waals surface area contributed by atoms with Crippen LogP contribution in [0.5, 0.6) is 11.5 Å². The average molecular weight is 338 g/mol. The van der Waals surface area contributed by atoms with E-state index in [1.54, 1.807) is 18.2 Å². The zero-order valence-electron chi connectivity index (χ0n) is 14.6. The van der Waals surface area contributed by atoms with Gasteiger partial charge in [-0.05, 0) is 36.0 Å². The lowest BCUT2D eigenvalue weighted by atomic mass is 9.89. The summed E-state index contributed by atoms with van der Waals surface area (Å²) < 4.78 is 9.89. The van der Waals surface area contributed by atoms with Gasteiger partial charge >= 0.3 is 6.09 Å². The van der Waals surface area contributed by atoms with Crippen molar-refractivity contribution in [1.29, 1.82) is 0 Å². The minimum absolute atomic E-state index is 0.0454. The van der Waals surface area contributed by atoms with Crippen LogP contribution < -0.4 is 15.8 Å². The number of nitrogens with one attached hydrogen (secondary N) is 1. The van der Waals surface area contributed by atoms with Crippen LogP contribution in [0.3, 0.4) is 0 Å². The number of phenols is 1. The number of carbonyl (C=O) groups excluding carboxylic acids is 2. The van der Waals surface area contributed by atoms with Gasteiger partial charge < -0.3 is 25.6 Å². The summed E-state index contributed by atoms with van der Waals surface area (Å²) in [4.78, 5) is 23.2. The maximum Gasteiger partial charge on any atom is 0.405 e. The third-order valence-electron chi connectivity index (χ3n) is 3.30. The van der Waals surface area contributed by atoms with Crippen LogP contribution in [0, 0.1) is 5.41 Å². The van der Waals surface area contributed by atoms with Gasteiger partial charge in [-0.25, -0.2) is 4.79 Å². The molecule has 0 aliphatic rings. The van der Waals surface area contributed by atoms with Crippen LogP contribution in [-0.4, -0.2) is 36.9 Å². The Hall–Kier alpha value is -2.44. The number of phenolic OH excluding ortho intramolecular Hbond substituents is 1. The third-order valence-corrected chi connectivity index (χ3v) is 3.30. The number of amides is 2. The number of hydrogen-bond donors (Lipinski definition) is 3. The lowest BCUT2D eigenvalue weighted by molar-refractivity contribution is -0.130. The molecule has 0 fully saturated rings. The summed E-state index contributed by atoms with van der Waals surface area (Å²) in [5.74, 6) is 0.0494. The molecule has 4 N–H and O–H groups in total. The number of hydrogen-bond acceptors (Lipinski definition) is 5. The standard InChI is InChI=1S/C17H26N2O5/c1-17(2,3)10-14(24-16(18)22)15(21)19-8-7-11-5-6-13(23-4)12(20)9-11/h5-6,9,14,20H,7-8,10H2,1-4H3,(H2,18,22)(H,19,21)/t14-/m1/s1. The van der Waals surface area contributed by atoms with Crippen molar-refractivity contribution in [2.75, 3.05) is 13.7 Å². The summed E-state index contributed by atoms with van der Waals surface area (Å²) in [6.07, 6.45) is -1.01. The molecule has 0 saturated carbocycles. The molecule has 1 aromatic rings. The summed E-state index contributed by atoms with van der Waals surface area (Å²) in [6, 6.07) is 5.04. The Morgan fingerprint density at radius 3 is 2.50 bits per heavy atom. The SMILES string of the molecule is COc1ccc(CCNC(=O)[C@@H](CC(C)(C)C)OC(N)=O)cc1O. The van der Waals surface area contributed by atoms with E-state index in [2.05, 4.69) is 5.32 Å². The molecular weight excluding hydrogens is 312 g/mol. The highest BCUT2D eigenvalue weighted by atomic mass is 16.6. The Kier molecular flexibility index (Phi) is 6.88. The van der Waals surface area contributed by atoms with E-state index in [1.807, 2.05) is 20.8 Å². The first-order chi connectivity index (χ1) is 11.1. The van der Waals surface area contributed by atoms with Gasteiger partial charge in [0.2, 0.25) is 0 Å². The molecule has 7 heteroatoms. The van der Waals surface area contributed by atoms with E-state index in [9.17, 15) is 14.7 Å². The fourth-order valence-electron chi connectivity index (χ4n) is 2.22. The van der Waals surface area contributed by atoms with Crippen LogP contribution in [-0.2, 0) is 16.0 Å². The number of methoxy groups -OCH3 is 1. The molecule has 1 rings (SSSR count). The molecular formula is C17H26N2O5. The first kappa shape index (κ1) is 19.6. The van der Waals surface area contributed by atoms with E-state index in [0.717, 1.165) is 5.56 Å². The summed E-state index contributed by atoms with van der Waals surface area (Å²) >= 11 is 0. The zero-order valence-corrected chi connectivity index (χ0v) is 14.6. The molecule has 0 heterocycles. The molecule has 0 aliphatic heterocycles. The van der Waals surface area contributed by atoms with Crippen LogP contribution in [0.25, 0.3) is 0 Å². The van der Waals surface area contributed by atoms with Crippen molar-refractivity contribution in [3.63, 3.8) is 0 Å². The number of ether oxygens (including phenoxy) is 2. The molecule has 1 aromatic carbocycles. The Bertz CT molecular complexity index is 581. The molecule has 7 nitrogen and oxygen atoms in total. The van der Waals surface area contributed by atoms with Crippen LogP contribution in [0.2, 0.25) is 0 Å². The first-order valence-corrected chi connectivity index (χ1v) is 7.72. The number of benzene rings is 1. The van der Waals surface area contributed by atoms with Crippen molar-refractivity contribution < 1.29 is 24.2 Å². The van der Waals surface area contributed by atoms with Gasteiger partial charge in [-0.3, -0.25) is 4.79 Å². The number of rotatable bonds is 7. The summed E-state index contributed by atoms with van der Waals surface area (Å²) in [5.41, 5.74) is 5.68. The number of primary amides is 1. The fraction of sp³-hybridized carbons (Fsp3) is 0.529. The maximum absolute atomic E-state index is 12.2. The summed E-state index contributed by atoms with van der Waals surface area (Å²) in [7, 11) is 1.48. The fourth-order valence-corrected chi connectivity index (χ4v) is 2.22. The Morgan fingerprint density at radius 2 is 2.00 bits per heavy atom. The second kappa shape index (κ2) is 8.42. The molecule has 0 spiro atoms. The number of nitrogens with two attached hydrogens (primary N) is 1. The lowest BCUT2D eigenvalue weighted by Crippen LogP contribution is -2.41. The van der Waals surface area contributed by atoms with Crippen LogP contribution >= 0.6 is 0 Å². The lowest BCUT2D eigenvalue weighted by Gasteiger charge is -2.24. The Morgan fingerprint density at radius 1 is 1.33 bits per heavy atom. The van der Waals surface area contributed by atoms with Gasteiger partial charge in [0.05, 0.1) is 7.11 Å². The topological polar surface area (TPSA) is 111 Å². The van der Waals surface area contributed by atoms with Gasteiger partial charge in [-0.15, -0.1) is 0 Å². The van der Waals surface area contributed by atoms with Gasteiger partial charge in [0, 0.05) is 6.54 Å². The quantitative estimate of drug-likeness (QED) is 0.704. The highest BCUT2D eigenvalue weighted by Gasteiger charge is 2.27. The molecule has 0 aromatic heterocycles. The van der Waals surface area contributed by atoms with Crippen molar-refractivity contribution in [2.45, 2.75) is 39.7 Å². The first-order valence-electron chi connectivity index (χ1n) is 7.72. The molecule has 0 bridgehead atoms. The van der Waals surface area contributed by atoms with E-state index < -0.39 is 12.2 Å². The van der Waals surface area contributed by atoms with Gasteiger partial charge in [0.1, 0.15) is 0 Å². The highest BCUT2D eigenvalue weighted by Crippen LogP contribution is 2.26. The van der Waals surface area contributed by atoms with Crippen LogP contribution in [0.4, 0.5) is 4.79 Å². The summed E-state index contributed by atoms with van der Waals surface area (Å²) in [5, 5.41) is 12.5. The Balaban J connectivity index is 2.58. The van der Waals surface area contributed by atoms with Gasteiger partial charge in [0.15, 0.2) is 17.6 Å². The van der Waals surface area contributed by atoms with Crippen molar-refractivity contribution in [3.8, 4) is 11.5 Å². The van der Waals surface area contributed by atoms with E-state index in [-0.39, 0.29) is 17.1 Å². The molecule has 0 saturated heterocycles. The molecule has 0 radical (unpaired) electrons. The monoisotopic (exact) mass is 338 g/mol. The largest absolute Gasteiger partial charge is 0.504 e. The normalized spacial score (nSPS) is 12.3. The minimum Gasteiger partial charge on any atom is -0.504 e. The van der Waals surface area contributed by atoms with Crippen LogP contribution in [0.1, 0.15) is 32.8 Å². The molecule has 1 atom stereocenters. The van der Waals surface area contributed by atoms with Crippen molar-refractivity contribution in [1.82, 2.24) is 5.32 Å². The maximum atomic E-state index is 12.2. The average Bonchev–Trinajstić information content (AvgIpc) is 2.44. The smallest absolute Gasteiger partial charge is 0.405 e. The summed E-state index contributed by atoms with van der Waals surface area (Å²) in [6.45, 7) is 6.17. The zero-order chi connectivity index (χ0) is 18.3. The van der Waals surface area contributed by atoms with Crippen LogP contribution in [0.15, 0.2) is 18.2 Å². The van der Waals surface area contributed by atoms with E-state index >= 15 is 0 Å². The molecule has 2 amide bonds. The minimum atomic E-state index is -0.973.